The average Bonchev–Trinajstić information content (AvgIpc) is 2.36. The minimum Gasteiger partial charge on any atom is -0.395 e. The monoisotopic (exact) mass is 245 g/mol. The number of aliphatic hydroxyl groups is 1. The van der Waals surface area contributed by atoms with Gasteiger partial charge in [0.05, 0.1) is 6.61 Å². The van der Waals surface area contributed by atoms with Gasteiger partial charge in [-0.15, -0.1) is 0 Å². The summed E-state index contributed by atoms with van der Waals surface area (Å²) in [4.78, 5) is 11.8. The summed E-state index contributed by atoms with van der Waals surface area (Å²) in [6, 6.07) is 7.20. The standard InChI is InChI=1S/C15H19NO2/c1-12(2)11-16-15(18)14-8-5-7-13(10-14)6-3-4-9-17/h5,7-8,10,12,17H,4,9,11H2,1-2H3,(H,16,18). The van der Waals surface area contributed by atoms with Crippen molar-refractivity contribution in [2.45, 2.75) is 20.3 Å². The molecule has 0 atom stereocenters. The van der Waals surface area contributed by atoms with Gasteiger partial charge in [0.2, 0.25) is 0 Å². The first-order valence-corrected chi connectivity index (χ1v) is 6.11. The van der Waals surface area contributed by atoms with Crippen LogP contribution in [-0.4, -0.2) is 24.2 Å². The minimum absolute atomic E-state index is 0.0571. The van der Waals surface area contributed by atoms with Crippen molar-refractivity contribution in [2.24, 2.45) is 5.92 Å². The van der Waals surface area contributed by atoms with E-state index in [1.165, 1.54) is 0 Å². The topological polar surface area (TPSA) is 49.3 Å². The molecule has 0 saturated heterocycles. The van der Waals surface area contributed by atoms with E-state index in [4.69, 9.17) is 5.11 Å². The second-order valence-electron chi connectivity index (χ2n) is 4.46. The molecule has 0 bridgehead atoms. The summed E-state index contributed by atoms with van der Waals surface area (Å²) < 4.78 is 0. The van der Waals surface area contributed by atoms with Crippen LogP contribution < -0.4 is 5.32 Å². The summed E-state index contributed by atoms with van der Waals surface area (Å²) in [5, 5.41) is 11.5. The van der Waals surface area contributed by atoms with Crippen LogP contribution in [0.2, 0.25) is 0 Å². The Balaban J connectivity index is 2.70. The SMILES string of the molecule is CC(C)CNC(=O)c1cccc(C#CCCO)c1. The predicted molar refractivity (Wildman–Crippen MR) is 72.2 cm³/mol. The van der Waals surface area contributed by atoms with Crippen LogP contribution >= 0.6 is 0 Å². The molecular formula is C15H19NO2. The molecule has 0 aliphatic carbocycles. The molecule has 0 spiro atoms. The number of hydrogen-bond donors (Lipinski definition) is 2. The molecule has 1 aromatic carbocycles. The highest BCUT2D eigenvalue weighted by atomic mass is 16.2. The van der Waals surface area contributed by atoms with Crippen molar-refractivity contribution in [3.63, 3.8) is 0 Å². The van der Waals surface area contributed by atoms with E-state index < -0.39 is 0 Å². The van der Waals surface area contributed by atoms with Gasteiger partial charge in [-0.2, -0.15) is 0 Å². The first-order chi connectivity index (χ1) is 8.63. The number of aliphatic hydroxyl groups excluding tert-OH is 1. The van der Waals surface area contributed by atoms with Crippen LogP contribution in [0.25, 0.3) is 0 Å². The highest BCUT2D eigenvalue weighted by Crippen LogP contribution is 2.04. The number of amides is 1. The van der Waals surface area contributed by atoms with Crippen molar-refractivity contribution in [3.8, 4) is 11.8 Å². The number of hydrogen-bond acceptors (Lipinski definition) is 2. The third-order valence-electron chi connectivity index (χ3n) is 2.27. The van der Waals surface area contributed by atoms with Crippen molar-refractivity contribution in [1.29, 1.82) is 0 Å². The van der Waals surface area contributed by atoms with Crippen LogP contribution in [0.4, 0.5) is 0 Å². The van der Waals surface area contributed by atoms with E-state index in [9.17, 15) is 4.79 Å². The van der Waals surface area contributed by atoms with Gasteiger partial charge >= 0.3 is 0 Å². The molecule has 2 N–H and O–H groups in total. The summed E-state index contributed by atoms with van der Waals surface area (Å²) in [5.74, 6) is 6.11. The maximum Gasteiger partial charge on any atom is 0.251 e. The van der Waals surface area contributed by atoms with Crippen molar-refractivity contribution < 1.29 is 9.90 Å². The van der Waals surface area contributed by atoms with Gasteiger partial charge in [0, 0.05) is 24.1 Å². The molecule has 0 saturated carbocycles. The largest absolute Gasteiger partial charge is 0.395 e. The van der Waals surface area contributed by atoms with Gasteiger partial charge in [0.25, 0.3) is 5.91 Å². The molecule has 0 aliphatic heterocycles. The first-order valence-electron chi connectivity index (χ1n) is 6.11. The van der Waals surface area contributed by atoms with Crippen LogP contribution in [0, 0.1) is 17.8 Å². The highest BCUT2D eigenvalue weighted by molar-refractivity contribution is 5.94. The van der Waals surface area contributed by atoms with Crippen molar-refractivity contribution in [1.82, 2.24) is 5.32 Å². The fourth-order valence-electron chi connectivity index (χ4n) is 1.36. The van der Waals surface area contributed by atoms with E-state index in [2.05, 4.69) is 31.0 Å². The molecule has 0 radical (unpaired) electrons. The lowest BCUT2D eigenvalue weighted by atomic mass is 10.1. The molecule has 3 nitrogen and oxygen atoms in total. The Hall–Kier alpha value is -1.79. The van der Waals surface area contributed by atoms with E-state index in [0.29, 0.717) is 24.4 Å². The number of carbonyl (C=O) groups is 1. The predicted octanol–water partition coefficient (Wildman–Crippen LogP) is 1.81. The smallest absolute Gasteiger partial charge is 0.251 e. The fraction of sp³-hybridized carbons (Fsp3) is 0.400. The van der Waals surface area contributed by atoms with E-state index in [-0.39, 0.29) is 12.5 Å². The van der Waals surface area contributed by atoms with Gasteiger partial charge in [-0.05, 0) is 24.1 Å². The van der Waals surface area contributed by atoms with Gasteiger partial charge in [0.1, 0.15) is 0 Å². The second kappa shape index (κ2) is 7.52. The molecule has 0 aromatic heterocycles. The molecule has 0 heterocycles. The van der Waals surface area contributed by atoms with Gasteiger partial charge in [-0.3, -0.25) is 4.79 Å². The van der Waals surface area contributed by atoms with E-state index in [0.717, 1.165) is 5.56 Å². The molecule has 96 valence electrons. The fourth-order valence-corrected chi connectivity index (χ4v) is 1.36. The van der Waals surface area contributed by atoms with E-state index in [1.807, 2.05) is 12.1 Å². The van der Waals surface area contributed by atoms with Crippen LogP contribution in [0.1, 0.15) is 36.2 Å². The third-order valence-corrected chi connectivity index (χ3v) is 2.27. The molecule has 18 heavy (non-hydrogen) atoms. The van der Waals surface area contributed by atoms with Gasteiger partial charge in [0.15, 0.2) is 0 Å². The van der Waals surface area contributed by atoms with Crippen LogP contribution in [0.3, 0.4) is 0 Å². The molecule has 0 fully saturated rings. The Labute approximate surface area is 108 Å². The van der Waals surface area contributed by atoms with Gasteiger partial charge in [-0.25, -0.2) is 0 Å². The number of nitrogens with one attached hydrogen (secondary N) is 1. The highest BCUT2D eigenvalue weighted by Gasteiger charge is 2.05. The molecule has 1 aromatic rings. The maximum atomic E-state index is 11.8. The Kier molecular flexibility index (Phi) is 5.96. The van der Waals surface area contributed by atoms with Crippen LogP contribution in [0.15, 0.2) is 24.3 Å². The molecule has 3 heteroatoms. The van der Waals surface area contributed by atoms with Gasteiger partial charge in [-0.1, -0.05) is 31.8 Å². The van der Waals surface area contributed by atoms with E-state index in [1.54, 1.807) is 12.1 Å². The Morgan fingerprint density at radius 1 is 1.44 bits per heavy atom. The quantitative estimate of drug-likeness (QED) is 0.795. The Morgan fingerprint density at radius 3 is 2.89 bits per heavy atom. The van der Waals surface area contributed by atoms with Crippen molar-refractivity contribution in [2.75, 3.05) is 13.2 Å². The summed E-state index contributed by atoms with van der Waals surface area (Å²) in [7, 11) is 0. The zero-order chi connectivity index (χ0) is 13.4. The molecule has 0 unspecified atom stereocenters. The lowest BCUT2D eigenvalue weighted by Crippen LogP contribution is -2.27. The molecular weight excluding hydrogens is 226 g/mol. The van der Waals surface area contributed by atoms with E-state index >= 15 is 0 Å². The molecule has 1 amide bonds. The van der Waals surface area contributed by atoms with Gasteiger partial charge < -0.3 is 10.4 Å². The summed E-state index contributed by atoms with van der Waals surface area (Å²) >= 11 is 0. The zero-order valence-electron chi connectivity index (χ0n) is 10.9. The summed E-state index contributed by atoms with van der Waals surface area (Å²) in [5.41, 5.74) is 1.41. The summed E-state index contributed by atoms with van der Waals surface area (Å²) in [6.45, 7) is 4.83. The lowest BCUT2D eigenvalue weighted by Gasteiger charge is -2.07. The maximum absolute atomic E-state index is 11.8. The van der Waals surface area contributed by atoms with Crippen molar-refractivity contribution >= 4 is 5.91 Å². The average molecular weight is 245 g/mol. The molecule has 1 rings (SSSR count). The zero-order valence-corrected chi connectivity index (χ0v) is 10.9. The first kappa shape index (κ1) is 14.3. The normalized spacial score (nSPS) is 9.78. The number of carbonyl (C=O) groups excluding carboxylic acids is 1. The number of benzene rings is 1. The van der Waals surface area contributed by atoms with Crippen molar-refractivity contribution in [3.05, 3.63) is 35.4 Å². The Morgan fingerprint density at radius 2 is 2.22 bits per heavy atom. The third kappa shape index (κ3) is 5.03. The second-order valence-corrected chi connectivity index (χ2v) is 4.46. The lowest BCUT2D eigenvalue weighted by molar-refractivity contribution is 0.0949. The minimum atomic E-state index is -0.0745. The van der Waals surface area contributed by atoms with Crippen LogP contribution in [0.5, 0.6) is 0 Å². The summed E-state index contributed by atoms with van der Waals surface area (Å²) in [6.07, 6.45) is 0.448. The molecule has 0 aliphatic rings. The Bertz CT molecular complexity index is 455. The number of rotatable bonds is 4. The van der Waals surface area contributed by atoms with Crippen LogP contribution in [-0.2, 0) is 0 Å².